The summed E-state index contributed by atoms with van der Waals surface area (Å²) in [5, 5.41) is 16.9. The van der Waals surface area contributed by atoms with Gasteiger partial charge in [-0.3, -0.25) is 0 Å². The molecular formula is C7H16BNO3. The van der Waals surface area contributed by atoms with Crippen LogP contribution in [0.2, 0.25) is 0 Å². The van der Waals surface area contributed by atoms with E-state index < -0.39 is 7.12 Å². The first kappa shape index (κ1) is 9.99. The van der Waals surface area contributed by atoms with Gasteiger partial charge in [-0.15, -0.1) is 0 Å². The molecule has 1 fully saturated rings. The van der Waals surface area contributed by atoms with Crippen molar-refractivity contribution in [1.82, 2.24) is 4.90 Å². The molecule has 0 aromatic heterocycles. The summed E-state index contributed by atoms with van der Waals surface area (Å²) in [6.45, 7) is 3.84. The van der Waals surface area contributed by atoms with Gasteiger partial charge >= 0.3 is 7.12 Å². The van der Waals surface area contributed by atoms with Crippen molar-refractivity contribution < 1.29 is 14.8 Å². The molecule has 0 unspecified atom stereocenters. The average molecular weight is 173 g/mol. The van der Waals surface area contributed by atoms with E-state index in [1.165, 1.54) is 12.8 Å². The van der Waals surface area contributed by atoms with Crippen LogP contribution in [0.5, 0.6) is 0 Å². The molecule has 1 aliphatic rings. The van der Waals surface area contributed by atoms with Gasteiger partial charge in [-0.2, -0.15) is 0 Å². The van der Waals surface area contributed by atoms with E-state index >= 15 is 0 Å². The largest absolute Gasteiger partial charge is 0.479 e. The van der Waals surface area contributed by atoms with Crippen molar-refractivity contribution in [3.8, 4) is 0 Å². The summed E-state index contributed by atoms with van der Waals surface area (Å²) in [5.41, 5.74) is 0. The normalized spacial score (nSPS) is 18.5. The lowest BCUT2D eigenvalue weighted by molar-refractivity contribution is 0.128. The lowest BCUT2D eigenvalue weighted by atomic mass is 9.95. The van der Waals surface area contributed by atoms with Gasteiger partial charge < -0.3 is 19.7 Å². The summed E-state index contributed by atoms with van der Waals surface area (Å²) < 4.78 is 5.02. The molecule has 0 spiro atoms. The second-order valence-electron chi connectivity index (χ2n) is 3.10. The number of nitrogens with zero attached hydrogens (tertiary/aromatic N) is 1. The number of hydrogen-bond donors (Lipinski definition) is 2. The van der Waals surface area contributed by atoms with Crippen LogP contribution in [0.3, 0.4) is 0 Å². The van der Waals surface area contributed by atoms with Gasteiger partial charge in [-0.1, -0.05) is 0 Å². The zero-order valence-electron chi connectivity index (χ0n) is 7.28. The summed E-state index contributed by atoms with van der Waals surface area (Å²) in [6, 6.07) is 0. The number of likely N-dealkylation sites (tertiary alicyclic amines) is 1. The molecule has 0 bridgehead atoms. The maximum atomic E-state index is 8.46. The molecule has 4 nitrogen and oxygen atoms in total. The van der Waals surface area contributed by atoms with Crippen molar-refractivity contribution in [3.63, 3.8) is 0 Å². The standard InChI is InChI=1S/C7H16BNO3/c10-8(11)7-12-6-5-9-3-1-2-4-9/h10-11H,1-7H2. The average Bonchev–Trinajstić information content (AvgIpc) is 2.49. The quantitative estimate of drug-likeness (QED) is 0.418. The van der Waals surface area contributed by atoms with Crippen LogP contribution in [0.25, 0.3) is 0 Å². The summed E-state index contributed by atoms with van der Waals surface area (Å²) in [6.07, 6.45) is 2.56. The number of rotatable bonds is 5. The summed E-state index contributed by atoms with van der Waals surface area (Å²) in [5.74, 6) is 0. The first-order valence-corrected chi connectivity index (χ1v) is 4.45. The Hall–Kier alpha value is -0.0951. The molecule has 0 amide bonds. The van der Waals surface area contributed by atoms with Gasteiger partial charge in [0.2, 0.25) is 0 Å². The smallest absolute Gasteiger partial charge is 0.426 e. The van der Waals surface area contributed by atoms with Crippen LogP contribution in [0.1, 0.15) is 12.8 Å². The maximum Gasteiger partial charge on any atom is 0.479 e. The third-order valence-electron chi connectivity index (χ3n) is 2.02. The van der Waals surface area contributed by atoms with Crippen molar-refractivity contribution in [2.75, 3.05) is 32.7 Å². The van der Waals surface area contributed by atoms with E-state index in [-0.39, 0.29) is 6.51 Å². The van der Waals surface area contributed by atoms with Gasteiger partial charge in [0, 0.05) is 6.54 Å². The van der Waals surface area contributed by atoms with Crippen LogP contribution in [-0.2, 0) is 4.74 Å². The van der Waals surface area contributed by atoms with Crippen LogP contribution in [0, 0.1) is 0 Å². The van der Waals surface area contributed by atoms with Gasteiger partial charge in [-0.05, 0) is 25.9 Å². The first-order chi connectivity index (χ1) is 5.79. The molecule has 1 saturated heterocycles. The van der Waals surface area contributed by atoms with Gasteiger partial charge in [0.1, 0.15) is 0 Å². The SMILES string of the molecule is OB(O)COCCN1CCCC1. The molecule has 0 radical (unpaired) electrons. The lowest BCUT2D eigenvalue weighted by Crippen LogP contribution is -2.27. The topological polar surface area (TPSA) is 52.9 Å². The highest BCUT2D eigenvalue weighted by Crippen LogP contribution is 2.05. The molecule has 5 heteroatoms. The van der Waals surface area contributed by atoms with E-state index in [0.29, 0.717) is 6.61 Å². The Morgan fingerprint density at radius 3 is 2.50 bits per heavy atom. The fourth-order valence-corrected chi connectivity index (χ4v) is 1.39. The molecule has 70 valence electrons. The van der Waals surface area contributed by atoms with Gasteiger partial charge in [0.05, 0.1) is 13.1 Å². The van der Waals surface area contributed by atoms with Crippen molar-refractivity contribution in [2.24, 2.45) is 0 Å². The fourth-order valence-electron chi connectivity index (χ4n) is 1.39. The second-order valence-corrected chi connectivity index (χ2v) is 3.10. The summed E-state index contributed by atoms with van der Waals surface area (Å²) >= 11 is 0. The van der Waals surface area contributed by atoms with Crippen LogP contribution in [0.15, 0.2) is 0 Å². The number of ether oxygens (including phenoxy) is 1. The minimum Gasteiger partial charge on any atom is -0.426 e. The molecule has 0 aromatic carbocycles. The van der Waals surface area contributed by atoms with E-state index in [9.17, 15) is 0 Å². The molecule has 0 atom stereocenters. The van der Waals surface area contributed by atoms with Gasteiger partial charge in [0.15, 0.2) is 0 Å². The second kappa shape index (κ2) is 5.53. The molecule has 12 heavy (non-hydrogen) atoms. The Labute approximate surface area is 73.3 Å². The minimum absolute atomic E-state index is 0.0217. The van der Waals surface area contributed by atoms with E-state index in [2.05, 4.69) is 4.90 Å². The summed E-state index contributed by atoms with van der Waals surface area (Å²) in [4.78, 5) is 2.32. The highest BCUT2D eigenvalue weighted by atomic mass is 16.5. The Morgan fingerprint density at radius 2 is 1.92 bits per heavy atom. The van der Waals surface area contributed by atoms with Gasteiger partial charge in [-0.25, -0.2) is 0 Å². The Balaban J connectivity index is 1.88. The number of hydrogen-bond acceptors (Lipinski definition) is 4. The Morgan fingerprint density at radius 1 is 1.25 bits per heavy atom. The lowest BCUT2D eigenvalue weighted by Gasteiger charge is -2.13. The molecule has 1 aliphatic heterocycles. The van der Waals surface area contributed by atoms with Gasteiger partial charge in [0.25, 0.3) is 0 Å². The van der Waals surface area contributed by atoms with E-state index in [1.807, 2.05) is 0 Å². The molecular weight excluding hydrogens is 157 g/mol. The van der Waals surface area contributed by atoms with E-state index in [0.717, 1.165) is 19.6 Å². The molecule has 0 aromatic rings. The van der Waals surface area contributed by atoms with Crippen LogP contribution in [-0.4, -0.2) is 54.8 Å². The summed E-state index contributed by atoms with van der Waals surface area (Å²) in [7, 11) is -1.33. The Kier molecular flexibility index (Phi) is 4.61. The van der Waals surface area contributed by atoms with E-state index in [1.54, 1.807) is 0 Å². The third kappa shape index (κ3) is 4.06. The monoisotopic (exact) mass is 173 g/mol. The predicted octanol–water partition coefficient (Wildman–Crippen LogP) is -0.889. The van der Waals surface area contributed by atoms with Crippen molar-refractivity contribution in [1.29, 1.82) is 0 Å². The molecule has 0 aliphatic carbocycles. The molecule has 0 saturated carbocycles. The van der Waals surface area contributed by atoms with Crippen LogP contribution >= 0.6 is 0 Å². The fraction of sp³-hybridized carbons (Fsp3) is 1.00. The highest BCUT2D eigenvalue weighted by Gasteiger charge is 2.11. The van der Waals surface area contributed by atoms with E-state index in [4.69, 9.17) is 14.8 Å². The van der Waals surface area contributed by atoms with Crippen molar-refractivity contribution >= 4 is 7.12 Å². The van der Waals surface area contributed by atoms with Crippen molar-refractivity contribution in [3.05, 3.63) is 0 Å². The highest BCUT2D eigenvalue weighted by molar-refractivity contribution is 6.40. The van der Waals surface area contributed by atoms with Crippen LogP contribution < -0.4 is 0 Å². The van der Waals surface area contributed by atoms with Crippen molar-refractivity contribution in [2.45, 2.75) is 12.8 Å². The maximum absolute atomic E-state index is 8.46. The molecule has 2 N–H and O–H groups in total. The first-order valence-electron chi connectivity index (χ1n) is 4.45. The third-order valence-corrected chi connectivity index (χ3v) is 2.02. The van der Waals surface area contributed by atoms with Crippen LogP contribution in [0.4, 0.5) is 0 Å². The zero-order valence-corrected chi connectivity index (χ0v) is 7.28. The Bertz CT molecular complexity index is 117. The zero-order chi connectivity index (χ0) is 8.81. The molecule has 1 rings (SSSR count). The predicted molar refractivity (Wildman–Crippen MR) is 46.7 cm³/mol. The minimum atomic E-state index is -1.33. The molecule has 1 heterocycles.